The molecule has 0 heterocycles. The topological polar surface area (TPSA) is 20.2 Å². The van der Waals surface area contributed by atoms with Gasteiger partial charge < -0.3 is 5.11 Å². The summed E-state index contributed by atoms with van der Waals surface area (Å²) in [7, 11) is 0. The Morgan fingerprint density at radius 2 is 2.25 bits per heavy atom. The third kappa shape index (κ3) is 0.726. The minimum atomic E-state index is 0.620. The molecule has 0 aromatic carbocycles. The highest BCUT2D eigenvalue weighted by molar-refractivity contribution is 5.13. The monoisotopic (exact) mass is 112 g/mol. The lowest BCUT2D eigenvalue weighted by molar-refractivity contribution is 0.393. The summed E-state index contributed by atoms with van der Waals surface area (Å²) >= 11 is 0. The molecule has 0 spiro atoms. The Balaban J connectivity index is 2.71. The predicted octanol–water partition coefficient (Wildman–Crippen LogP) is 2.25. The lowest BCUT2D eigenvalue weighted by Crippen LogP contribution is -1.86. The van der Waals surface area contributed by atoms with Crippen molar-refractivity contribution in [2.75, 3.05) is 0 Å². The highest BCUT2D eigenvalue weighted by Crippen LogP contribution is 2.28. The molecule has 0 saturated heterocycles. The van der Waals surface area contributed by atoms with Gasteiger partial charge in [-0.25, -0.2) is 0 Å². The fraction of sp³-hybridized carbons (Fsp3) is 0.714. The van der Waals surface area contributed by atoms with Crippen molar-refractivity contribution < 1.29 is 5.11 Å². The maximum atomic E-state index is 9.05. The standard InChI is InChI=1S/C7H12O/c1-5-3-4-7(8)6(5)2/h5,8H,3-4H2,1-2H3/t5-/m1/s1. The van der Waals surface area contributed by atoms with E-state index in [4.69, 9.17) is 5.11 Å². The average molecular weight is 112 g/mol. The summed E-state index contributed by atoms with van der Waals surface area (Å²) in [6, 6.07) is 0. The van der Waals surface area contributed by atoms with Crippen LogP contribution in [0, 0.1) is 5.92 Å². The molecule has 1 N–H and O–H groups in total. The van der Waals surface area contributed by atoms with Crippen molar-refractivity contribution in [3.8, 4) is 0 Å². The average Bonchev–Trinajstić information content (AvgIpc) is 1.98. The smallest absolute Gasteiger partial charge is 0.0914 e. The number of allylic oxidation sites excluding steroid dienone is 2. The van der Waals surface area contributed by atoms with E-state index in [0.29, 0.717) is 11.7 Å². The number of aliphatic hydroxyl groups is 1. The third-order valence-electron chi connectivity index (χ3n) is 2.01. The molecule has 1 heteroatoms. The van der Waals surface area contributed by atoms with Gasteiger partial charge >= 0.3 is 0 Å². The molecule has 0 amide bonds. The summed E-state index contributed by atoms with van der Waals surface area (Å²) < 4.78 is 0. The molecule has 46 valence electrons. The van der Waals surface area contributed by atoms with E-state index < -0.39 is 0 Å². The minimum absolute atomic E-state index is 0.620. The number of rotatable bonds is 0. The SMILES string of the molecule is CC1=C(O)CC[C@H]1C. The Hall–Kier alpha value is -0.460. The van der Waals surface area contributed by atoms with Crippen LogP contribution in [-0.4, -0.2) is 5.11 Å². The second kappa shape index (κ2) is 1.81. The first-order chi connectivity index (χ1) is 3.72. The van der Waals surface area contributed by atoms with Crippen LogP contribution in [0.25, 0.3) is 0 Å². The molecule has 1 aliphatic carbocycles. The van der Waals surface area contributed by atoms with E-state index in [1.807, 2.05) is 6.92 Å². The van der Waals surface area contributed by atoms with E-state index in [2.05, 4.69) is 6.92 Å². The van der Waals surface area contributed by atoms with Gasteiger partial charge in [-0.05, 0) is 24.8 Å². The quantitative estimate of drug-likeness (QED) is 0.509. The zero-order chi connectivity index (χ0) is 6.15. The summed E-state index contributed by atoms with van der Waals surface area (Å²) in [5.41, 5.74) is 1.19. The van der Waals surface area contributed by atoms with Crippen molar-refractivity contribution in [2.24, 2.45) is 5.92 Å². The van der Waals surface area contributed by atoms with Crippen molar-refractivity contribution in [3.05, 3.63) is 11.3 Å². The Morgan fingerprint density at radius 1 is 1.62 bits per heavy atom. The molecular formula is C7H12O. The van der Waals surface area contributed by atoms with E-state index in [1.54, 1.807) is 0 Å². The van der Waals surface area contributed by atoms with E-state index in [-0.39, 0.29) is 0 Å². The Kier molecular flexibility index (Phi) is 1.28. The molecule has 1 rings (SSSR count). The predicted molar refractivity (Wildman–Crippen MR) is 33.7 cm³/mol. The second-order valence-electron chi connectivity index (χ2n) is 2.57. The molecule has 1 nitrogen and oxygen atoms in total. The molecule has 1 atom stereocenters. The summed E-state index contributed by atoms with van der Waals surface area (Å²) in [5, 5.41) is 9.05. The molecule has 0 unspecified atom stereocenters. The van der Waals surface area contributed by atoms with Gasteiger partial charge in [0.05, 0.1) is 5.76 Å². The summed E-state index contributed by atoms with van der Waals surface area (Å²) in [5.74, 6) is 1.24. The van der Waals surface area contributed by atoms with Crippen LogP contribution in [0.4, 0.5) is 0 Å². The van der Waals surface area contributed by atoms with Gasteiger partial charge in [0.2, 0.25) is 0 Å². The fourth-order valence-electron chi connectivity index (χ4n) is 1.05. The molecule has 8 heavy (non-hydrogen) atoms. The molecular weight excluding hydrogens is 100 g/mol. The van der Waals surface area contributed by atoms with Crippen LogP contribution in [0.15, 0.2) is 11.3 Å². The normalized spacial score (nSPS) is 29.5. The van der Waals surface area contributed by atoms with Gasteiger partial charge in [-0.15, -0.1) is 0 Å². The Bertz CT molecular complexity index is 124. The van der Waals surface area contributed by atoms with Gasteiger partial charge in [-0.3, -0.25) is 0 Å². The van der Waals surface area contributed by atoms with Crippen LogP contribution in [0.2, 0.25) is 0 Å². The van der Waals surface area contributed by atoms with Crippen LogP contribution >= 0.6 is 0 Å². The zero-order valence-corrected chi connectivity index (χ0v) is 5.44. The fourth-order valence-corrected chi connectivity index (χ4v) is 1.05. The first-order valence-electron chi connectivity index (χ1n) is 3.10. The van der Waals surface area contributed by atoms with Crippen LogP contribution in [0.5, 0.6) is 0 Å². The van der Waals surface area contributed by atoms with E-state index in [0.717, 1.165) is 12.8 Å². The van der Waals surface area contributed by atoms with E-state index in [9.17, 15) is 0 Å². The van der Waals surface area contributed by atoms with Crippen molar-refractivity contribution in [1.29, 1.82) is 0 Å². The van der Waals surface area contributed by atoms with Crippen LogP contribution in [-0.2, 0) is 0 Å². The molecule has 0 saturated carbocycles. The summed E-state index contributed by atoms with van der Waals surface area (Å²) in [4.78, 5) is 0. The second-order valence-corrected chi connectivity index (χ2v) is 2.57. The van der Waals surface area contributed by atoms with E-state index in [1.165, 1.54) is 5.57 Å². The lowest BCUT2D eigenvalue weighted by Gasteiger charge is -1.98. The summed E-state index contributed by atoms with van der Waals surface area (Å²) in [6.07, 6.45) is 2.03. The highest BCUT2D eigenvalue weighted by Gasteiger charge is 2.16. The number of hydrogen-bond acceptors (Lipinski definition) is 1. The molecule has 0 aromatic rings. The third-order valence-corrected chi connectivity index (χ3v) is 2.01. The van der Waals surface area contributed by atoms with Gasteiger partial charge in [0.25, 0.3) is 0 Å². The summed E-state index contributed by atoms with van der Waals surface area (Å²) in [6.45, 7) is 4.16. The first kappa shape index (κ1) is 5.67. The number of aliphatic hydroxyl groups excluding tert-OH is 1. The van der Waals surface area contributed by atoms with Gasteiger partial charge in [-0.2, -0.15) is 0 Å². The van der Waals surface area contributed by atoms with Gasteiger partial charge in [0, 0.05) is 6.42 Å². The largest absolute Gasteiger partial charge is 0.512 e. The van der Waals surface area contributed by atoms with Crippen molar-refractivity contribution in [1.82, 2.24) is 0 Å². The molecule has 0 aromatic heterocycles. The van der Waals surface area contributed by atoms with Crippen LogP contribution in [0.1, 0.15) is 26.7 Å². The Labute approximate surface area is 50.0 Å². The highest BCUT2D eigenvalue weighted by atomic mass is 16.3. The van der Waals surface area contributed by atoms with Gasteiger partial charge in [-0.1, -0.05) is 6.92 Å². The molecule has 0 fully saturated rings. The first-order valence-corrected chi connectivity index (χ1v) is 3.10. The van der Waals surface area contributed by atoms with Gasteiger partial charge in [0.1, 0.15) is 0 Å². The molecule has 0 bridgehead atoms. The molecule has 1 aliphatic rings. The maximum Gasteiger partial charge on any atom is 0.0914 e. The minimum Gasteiger partial charge on any atom is -0.512 e. The lowest BCUT2D eigenvalue weighted by atomic mass is 10.1. The molecule has 0 aliphatic heterocycles. The van der Waals surface area contributed by atoms with Crippen molar-refractivity contribution in [3.63, 3.8) is 0 Å². The number of hydrogen-bond donors (Lipinski definition) is 1. The molecule has 0 radical (unpaired) electrons. The van der Waals surface area contributed by atoms with Gasteiger partial charge in [0.15, 0.2) is 0 Å². The Morgan fingerprint density at radius 3 is 2.38 bits per heavy atom. The maximum absolute atomic E-state index is 9.05. The van der Waals surface area contributed by atoms with Crippen LogP contribution < -0.4 is 0 Å². The van der Waals surface area contributed by atoms with E-state index >= 15 is 0 Å². The zero-order valence-electron chi connectivity index (χ0n) is 5.44. The van der Waals surface area contributed by atoms with Crippen molar-refractivity contribution >= 4 is 0 Å². The van der Waals surface area contributed by atoms with Crippen molar-refractivity contribution in [2.45, 2.75) is 26.7 Å². The van der Waals surface area contributed by atoms with Crippen LogP contribution in [0.3, 0.4) is 0 Å².